The Morgan fingerprint density at radius 1 is 1.27 bits per heavy atom. The van der Waals surface area contributed by atoms with Crippen LogP contribution in [-0.4, -0.2) is 21.6 Å². The number of para-hydroxylation sites is 1. The minimum atomic E-state index is -0.188. The molecule has 2 aromatic heterocycles. The molecule has 3 rings (SSSR count). The molecule has 0 bridgehead atoms. The van der Waals surface area contributed by atoms with Crippen LogP contribution >= 0.6 is 23.1 Å². The number of thiophene rings is 1. The van der Waals surface area contributed by atoms with E-state index in [2.05, 4.69) is 15.3 Å². The molecule has 0 fully saturated rings. The number of aromatic amines is 1. The molecular formula is C15H13N3O2S2. The van der Waals surface area contributed by atoms with Crippen molar-refractivity contribution in [2.75, 3.05) is 5.75 Å². The van der Waals surface area contributed by atoms with E-state index in [0.717, 1.165) is 4.88 Å². The summed E-state index contributed by atoms with van der Waals surface area (Å²) in [5.41, 5.74) is 0.444. The lowest BCUT2D eigenvalue weighted by molar-refractivity contribution is -0.118. The molecule has 0 aliphatic heterocycles. The summed E-state index contributed by atoms with van der Waals surface area (Å²) in [5.74, 6) is 0.126. The summed E-state index contributed by atoms with van der Waals surface area (Å²) >= 11 is 2.82. The lowest BCUT2D eigenvalue weighted by Crippen LogP contribution is -2.24. The largest absolute Gasteiger partial charge is 0.350 e. The monoisotopic (exact) mass is 331 g/mol. The molecule has 0 aliphatic carbocycles. The summed E-state index contributed by atoms with van der Waals surface area (Å²) in [7, 11) is 0. The van der Waals surface area contributed by atoms with Crippen molar-refractivity contribution in [1.82, 2.24) is 15.3 Å². The Morgan fingerprint density at radius 3 is 2.95 bits per heavy atom. The fourth-order valence-electron chi connectivity index (χ4n) is 1.92. The van der Waals surface area contributed by atoms with Crippen molar-refractivity contribution in [2.24, 2.45) is 0 Å². The number of carbonyl (C=O) groups excluding carboxylic acids is 1. The van der Waals surface area contributed by atoms with Gasteiger partial charge in [0.05, 0.1) is 23.2 Å². The van der Waals surface area contributed by atoms with Gasteiger partial charge in [0.15, 0.2) is 5.16 Å². The van der Waals surface area contributed by atoms with Crippen molar-refractivity contribution >= 4 is 39.9 Å². The highest BCUT2D eigenvalue weighted by Gasteiger charge is 2.07. The third kappa shape index (κ3) is 3.55. The third-order valence-electron chi connectivity index (χ3n) is 2.97. The summed E-state index contributed by atoms with van der Waals surface area (Å²) in [6.45, 7) is 0.527. The van der Waals surface area contributed by atoms with Gasteiger partial charge in [0.1, 0.15) is 0 Å². The van der Waals surface area contributed by atoms with Gasteiger partial charge < -0.3 is 10.3 Å². The van der Waals surface area contributed by atoms with Crippen molar-refractivity contribution in [1.29, 1.82) is 0 Å². The molecule has 112 valence electrons. The van der Waals surface area contributed by atoms with E-state index in [9.17, 15) is 9.59 Å². The van der Waals surface area contributed by atoms with Gasteiger partial charge in [-0.2, -0.15) is 0 Å². The van der Waals surface area contributed by atoms with Gasteiger partial charge in [0, 0.05) is 4.88 Å². The van der Waals surface area contributed by atoms with Crippen LogP contribution in [-0.2, 0) is 11.3 Å². The number of amides is 1. The van der Waals surface area contributed by atoms with Gasteiger partial charge in [-0.25, -0.2) is 4.98 Å². The Kier molecular flexibility index (Phi) is 4.55. The number of H-pyrrole nitrogens is 1. The Balaban J connectivity index is 1.61. The Bertz CT molecular complexity index is 843. The van der Waals surface area contributed by atoms with Gasteiger partial charge in [-0.3, -0.25) is 9.59 Å². The molecule has 0 radical (unpaired) electrons. The van der Waals surface area contributed by atoms with Crippen LogP contribution in [0.25, 0.3) is 10.9 Å². The minimum Gasteiger partial charge on any atom is -0.350 e. The fraction of sp³-hybridized carbons (Fsp3) is 0.133. The zero-order valence-electron chi connectivity index (χ0n) is 11.5. The van der Waals surface area contributed by atoms with E-state index in [-0.39, 0.29) is 17.2 Å². The number of thioether (sulfide) groups is 1. The van der Waals surface area contributed by atoms with Crippen LogP contribution in [0.4, 0.5) is 0 Å². The quantitative estimate of drug-likeness (QED) is 0.556. The first-order valence-corrected chi connectivity index (χ1v) is 8.50. The number of fused-ring (bicyclic) bond motifs is 1. The molecule has 1 aromatic carbocycles. The molecule has 0 unspecified atom stereocenters. The first kappa shape index (κ1) is 14.8. The second kappa shape index (κ2) is 6.76. The lowest BCUT2D eigenvalue weighted by atomic mass is 10.2. The second-order valence-electron chi connectivity index (χ2n) is 4.53. The molecule has 5 nitrogen and oxygen atoms in total. The second-order valence-corrected chi connectivity index (χ2v) is 6.53. The predicted molar refractivity (Wildman–Crippen MR) is 89.3 cm³/mol. The molecule has 2 heterocycles. The maximum atomic E-state index is 11.9. The van der Waals surface area contributed by atoms with Gasteiger partial charge in [-0.05, 0) is 23.6 Å². The van der Waals surface area contributed by atoms with Gasteiger partial charge in [0.2, 0.25) is 5.91 Å². The molecule has 7 heteroatoms. The number of hydrogen-bond donors (Lipinski definition) is 2. The number of hydrogen-bond acceptors (Lipinski definition) is 5. The maximum absolute atomic E-state index is 11.9. The number of nitrogens with one attached hydrogen (secondary N) is 2. The van der Waals surface area contributed by atoms with Gasteiger partial charge in [-0.1, -0.05) is 30.0 Å². The van der Waals surface area contributed by atoms with Crippen LogP contribution in [0.15, 0.2) is 51.7 Å². The molecule has 2 N–H and O–H groups in total. The van der Waals surface area contributed by atoms with Gasteiger partial charge in [0.25, 0.3) is 5.56 Å². The number of carbonyl (C=O) groups is 1. The highest BCUT2D eigenvalue weighted by Crippen LogP contribution is 2.14. The van der Waals surface area contributed by atoms with Crippen molar-refractivity contribution in [3.05, 3.63) is 57.0 Å². The molecule has 0 spiro atoms. The first-order chi connectivity index (χ1) is 10.7. The topological polar surface area (TPSA) is 74.8 Å². The number of benzene rings is 1. The Labute approximate surface area is 134 Å². The van der Waals surface area contributed by atoms with Crippen molar-refractivity contribution in [2.45, 2.75) is 11.7 Å². The molecule has 1 amide bonds. The Hall–Kier alpha value is -2.12. The van der Waals surface area contributed by atoms with E-state index in [1.807, 2.05) is 23.6 Å². The maximum Gasteiger partial charge on any atom is 0.259 e. The van der Waals surface area contributed by atoms with E-state index >= 15 is 0 Å². The summed E-state index contributed by atoms with van der Waals surface area (Å²) in [6, 6.07) is 11.1. The molecule has 0 saturated carbocycles. The standard InChI is InChI=1S/C15H13N3O2S2/c19-13(16-8-10-4-3-7-21-10)9-22-15-17-12-6-2-1-5-11(12)14(20)18-15/h1-7H,8-9H2,(H,16,19)(H,17,18,20). The summed E-state index contributed by atoms with van der Waals surface area (Å²) in [4.78, 5) is 31.9. The lowest BCUT2D eigenvalue weighted by Gasteiger charge is -2.04. The zero-order valence-corrected chi connectivity index (χ0v) is 13.2. The SMILES string of the molecule is O=C(CSc1nc2ccccc2c(=O)[nH]1)NCc1cccs1. The smallest absolute Gasteiger partial charge is 0.259 e. The van der Waals surface area contributed by atoms with Crippen LogP contribution in [0.3, 0.4) is 0 Å². The molecule has 3 aromatic rings. The van der Waals surface area contributed by atoms with E-state index in [1.165, 1.54) is 11.8 Å². The van der Waals surface area contributed by atoms with E-state index in [0.29, 0.717) is 22.6 Å². The van der Waals surface area contributed by atoms with Crippen molar-refractivity contribution < 1.29 is 4.79 Å². The van der Waals surface area contributed by atoms with Crippen molar-refractivity contribution in [3.8, 4) is 0 Å². The summed E-state index contributed by atoms with van der Waals surface area (Å²) in [6.07, 6.45) is 0. The average molecular weight is 331 g/mol. The van der Waals surface area contributed by atoms with E-state index in [1.54, 1.807) is 29.5 Å². The van der Waals surface area contributed by atoms with Crippen LogP contribution in [0.1, 0.15) is 4.88 Å². The van der Waals surface area contributed by atoms with Crippen LogP contribution in [0, 0.1) is 0 Å². The van der Waals surface area contributed by atoms with Gasteiger partial charge >= 0.3 is 0 Å². The highest BCUT2D eigenvalue weighted by molar-refractivity contribution is 7.99. The number of nitrogens with zero attached hydrogens (tertiary/aromatic N) is 1. The molecule has 0 aliphatic rings. The van der Waals surface area contributed by atoms with Crippen LogP contribution in [0.5, 0.6) is 0 Å². The Morgan fingerprint density at radius 2 is 2.14 bits per heavy atom. The van der Waals surface area contributed by atoms with Crippen molar-refractivity contribution in [3.63, 3.8) is 0 Å². The highest BCUT2D eigenvalue weighted by atomic mass is 32.2. The third-order valence-corrected chi connectivity index (χ3v) is 4.72. The van der Waals surface area contributed by atoms with E-state index in [4.69, 9.17) is 0 Å². The van der Waals surface area contributed by atoms with E-state index < -0.39 is 0 Å². The number of rotatable bonds is 5. The molecule has 0 saturated heterocycles. The molecule has 0 atom stereocenters. The molecule has 22 heavy (non-hydrogen) atoms. The zero-order chi connectivity index (χ0) is 15.4. The predicted octanol–water partition coefficient (Wildman–Crippen LogP) is 2.39. The fourth-order valence-corrected chi connectivity index (χ4v) is 3.26. The first-order valence-electron chi connectivity index (χ1n) is 6.63. The van der Waals surface area contributed by atoms with Gasteiger partial charge in [-0.15, -0.1) is 11.3 Å². The van der Waals surface area contributed by atoms with Crippen LogP contribution in [0.2, 0.25) is 0 Å². The normalized spacial score (nSPS) is 10.7. The average Bonchev–Trinajstić information content (AvgIpc) is 3.04. The number of aromatic nitrogens is 2. The molecular weight excluding hydrogens is 318 g/mol. The summed E-state index contributed by atoms with van der Waals surface area (Å²) < 4.78 is 0. The summed E-state index contributed by atoms with van der Waals surface area (Å²) in [5, 5.41) is 5.81. The van der Waals surface area contributed by atoms with Crippen LogP contribution < -0.4 is 10.9 Å². The minimum absolute atomic E-state index is 0.0887.